The van der Waals surface area contributed by atoms with Crippen molar-refractivity contribution in [3.63, 3.8) is 0 Å². The highest BCUT2D eigenvalue weighted by Crippen LogP contribution is 2.09. The lowest BCUT2D eigenvalue weighted by Crippen LogP contribution is -2.32. The normalized spacial score (nSPS) is 11.4. The second kappa shape index (κ2) is 7.41. The van der Waals surface area contributed by atoms with Gasteiger partial charge in [0, 0.05) is 24.2 Å². The Kier molecular flexibility index (Phi) is 5.85. The Morgan fingerprint density at radius 1 is 1.37 bits per heavy atom. The molecule has 0 aliphatic carbocycles. The maximum Gasteiger partial charge on any atom is 0.253 e. The Morgan fingerprint density at radius 3 is 2.63 bits per heavy atom. The summed E-state index contributed by atoms with van der Waals surface area (Å²) in [6, 6.07) is 6.82. The first-order chi connectivity index (χ1) is 9.13. The minimum atomic E-state index is -0.0245. The van der Waals surface area contributed by atoms with E-state index in [9.17, 15) is 4.79 Å². The van der Waals surface area contributed by atoms with Gasteiger partial charge in [-0.25, -0.2) is 0 Å². The molecule has 0 aliphatic rings. The molecular formula is C14H21N3O2. The van der Waals surface area contributed by atoms with Crippen LogP contribution in [0.25, 0.3) is 0 Å². The first kappa shape index (κ1) is 15.0. The fourth-order valence-corrected chi connectivity index (χ4v) is 1.80. The van der Waals surface area contributed by atoms with Gasteiger partial charge in [-0.05, 0) is 25.5 Å². The molecule has 5 nitrogen and oxygen atoms in total. The van der Waals surface area contributed by atoms with Gasteiger partial charge in [0.15, 0.2) is 5.84 Å². The summed E-state index contributed by atoms with van der Waals surface area (Å²) in [5.41, 5.74) is 6.63. The fraction of sp³-hybridized carbons (Fsp3) is 0.429. The van der Waals surface area contributed by atoms with Crippen molar-refractivity contribution >= 4 is 11.7 Å². The van der Waals surface area contributed by atoms with Gasteiger partial charge < -0.3 is 15.8 Å². The highest BCUT2D eigenvalue weighted by Gasteiger charge is 2.14. The van der Waals surface area contributed by atoms with Crippen molar-refractivity contribution in [2.24, 2.45) is 10.9 Å². The van der Waals surface area contributed by atoms with Crippen LogP contribution in [0.3, 0.4) is 0 Å². The van der Waals surface area contributed by atoms with Crippen LogP contribution in [0.5, 0.6) is 0 Å². The van der Waals surface area contributed by atoms with E-state index in [1.807, 2.05) is 6.92 Å². The molecule has 104 valence electrons. The highest BCUT2D eigenvalue weighted by molar-refractivity contribution is 6.01. The van der Waals surface area contributed by atoms with Crippen molar-refractivity contribution in [1.82, 2.24) is 4.90 Å². The number of rotatable bonds is 6. The summed E-state index contributed by atoms with van der Waals surface area (Å²) < 4.78 is 0. The van der Waals surface area contributed by atoms with E-state index in [0.29, 0.717) is 17.7 Å². The molecule has 0 saturated carbocycles. The quantitative estimate of drug-likeness (QED) is 0.357. The summed E-state index contributed by atoms with van der Waals surface area (Å²) in [5.74, 6) is -0.0187. The topological polar surface area (TPSA) is 78.9 Å². The van der Waals surface area contributed by atoms with Crippen molar-refractivity contribution in [3.05, 3.63) is 35.4 Å². The lowest BCUT2D eigenvalue weighted by atomic mass is 10.1. The number of carbonyl (C=O) groups is 1. The molecule has 0 aliphatic heterocycles. The summed E-state index contributed by atoms with van der Waals surface area (Å²) in [6.45, 7) is 5.48. The van der Waals surface area contributed by atoms with Gasteiger partial charge in [0.1, 0.15) is 0 Å². The van der Waals surface area contributed by atoms with Crippen LogP contribution >= 0.6 is 0 Å². The van der Waals surface area contributed by atoms with E-state index >= 15 is 0 Å². The van der Waals surface area contributed by atoms with Gasteiger partial charge in [0.05, 0.1) is 0 Å². The van der Waals surface area contributed by atoms with Crippen LogP contribution in [0.15, 0.2) is 29.4 Å². The Morgan fingerprint density at radius 2 is 2.05 bits per heavy atom. The zero-order valence-corrected chi connectivity index (χ0v) is 11.5. The zero-order valence-electron chi connectivity index (χ0n) is 11.5. The lowest BCUT2D eigenvalue weighted by molar-refractivity contribution is 0.0762. The summed E-state index contributed by atoms with van der Waals surface area (Å²) in [7, 11) is 0. The minimum Gasteiger partial charge on any atom is -0.409 e. The van der Waals surface area contributed by atoms with Gasteiger partial charge in [0.2, 0.25) is 0 Å². The molecule has 0 fully saturated rings. The molecule has 1 amide bonds. The number of carbonyl (C=O) groups excluding carboxylic acids is 1. The number of oxime groups is 1. The number of benzene rings is 1. The molecule has 1 aromatic rings. The van der Waals surface area contributed by atoms with E-state index in [0.717, 1.165) is 19.4 Å². The predicted molar refractivity (Wildman–Crippen MR) is 75.4 cm³/mol. The highest BCUT2D eigenvalue weighted by atomic mass is 16.4. The first-order valence-corrected chi connectivity index (χ1v) is 6.51. The third kappa shape index (κ3) is 3.98. The second-order valence-corrected chi connectivity index (χ2v) is 4.30. The predicted octanol–water partition coefficient (Wildman–Crippen LogP) is 2.04. The number of amidine groups is 1. The molecule has 0 atom stereocenters. The van der Waals surface area contributed by atoms with Crippen molar-refractivity contribution in [2.75, 3.05) is 13.1 Å². The number of nitrogens with two attached hydrogens (primary N) is 1. The van der Waals surface area contributed by atoms with Crippen LogP contribution in [0.1, 0.15) is 42.6 Å². The van der Waals surface area contributed by atoms with E-state index in [1.165, 1.54) is 0 Å². The van der Waals surface area contributed by atoms with E-state index in [2.05, 4.69) is 12.1 Å². The zero-order chi connectivity index (χ0) is 14.3. The third-order valence-corrected chi connectivity index (χ3v) is 2.96. The van der Waals surface area contributed by atoms with Gasteiger partial charge in [-0.15, -0.1) is 0 Å². The monoisotopic (exact) mass is 263 g/mol. The van der Waals surface area contributed by atoms with E-state index in [1.54, 1.807) is 29.2 Å². The minimum absolute atomic E-state index is 0.00579. The number of unbranched alkanes of at least 4 members (excludes halogenated alkanes) is 1. The van der Waals surface area contributed by atoms with Crippen LogP contribution in [0.2, 0.25) is 0 Å². The van der Waals surface area contributed by atoms with Gasteiger partial charge >= 0.3 is 0 Å². The number of hydrogen-bond donors (Lipinski definition) is 2. The lowest BCUT2D eigenvalue weighted by Gasteiger charge is -2.20. The molecule has 5 heteroatoms. The largest absolute Gasteiger partial charge is 0.409 e. The first-order valence-electron chi connectivity index (χ1n) is 6.51. The standard InChI is InChI=1S/C14H21N3O2/c1-3-5-9-17(4-2)14(18)12-8-6-7-11(10-12)13(15)16-19/h6-8,10,19H,3-5,9H2,1-2H3,(H2,15,16). The van der Waals surface area contributed by atoms with Crippen LogP contribution < -0.4 is 5.73 Å². The van der Waals surface area contributed by atoms with Gasteiger partial charge in [0.25, 0.3) is 5.91 Å². The molecule has 0 radical (unpaired) electrons. The summed E-state index contributed by atoms with van der Waals surface area (Å²) in [6.07, 6.45) is 2.04. The number of nitrogens with zero attached hydrogens (tertiary/aromatic N) is 2. The summed E-state index contributed by atoms with van der Waals surface area (Å²) in [5, 5.41) is 11.6. The van der Waals surface area contributed by atoms with Crippen molar-refractivity contribution in [3.8, 4) is 0 Å². The Balaban J connectivity index is 2.92. The fourth-order valence-electron chi connectivity index (χ4n) is 1.80. The van der Waals surface area contributed by atoms with Crippen LogP contribution in [-0.4, -0.2) is 34.9 Å². The summed E-state index contributed by atoms with van der Waals surface area (Å²) >= 11 is 0. The molecule has 0 unspecified atom stereocenters. The molecule has 0 spiro atoms. The smallest absolute Gasteiger partial charge is 0.253 e. The SMILES string of the molecule is CCCCN(CC)C(=O)c1cccc(/C(N)=N/O)c1. The van der Waals surface area contributed by atoms with Crippen molar-refractivity contribution in [2.45, 2.75) is 26.7 Å². The molecule has 1 aromatic carbocycles. The third-order valence-electron chi connectivity index (χ3n) is 2.96. The van der Waals surface area contributed by atoms with E-state index < -0.39 is 0 Å². The molecule has 3 N–H and O–H groups in total. The molecule has 0 heterocycles. The van der Waals surface area contributed by atoms with Crippen molar-refractivity contribution < 1.29 is 10.0 Å². The van der Waals surface area contributed by atoms with Crippen LogP contribution in [0, 0.1) is 0 Å². The molecule has 0 aromatic heterocycles. The Bertz CT molecular complexity index is 458. The molecule has 19 heavy (non-hydrogen) atoms. The Hall–Kier alpha value is -2.04. The second-order valence-electron chi connectivity index (χ2n) is 4.30. The van der Waals surface area contributed by atoms with Gasteiger partial charge in [-0.2, -0.15) is 0 Å². The Labute approximate surface area is 113 Å². The average Bonchev–Trinajstić information content (AvgIpc) is 2.47. The maximum absolute atomic E-state index is 12.3. The molecule has 0 saturated heterocycles. The van der Waals surface area contributed by atoms with Gasteiger partial charge in [-0.3, -0.25) is 4.79 Å². The molecule has 0 bridgehead atoms. The van der Waals surface area contributed by atoms with E-state index in [4.69, 9.17) is 10.9 Å². The van der Waals surface area contributed by atoms with Gasteiger partial charge in [-0.1, -0.05) is 30.6 Å². The average molecular weight is 263 g/mol. The number of hydrogen-bond acceptors (Lipinski definition) is 3. The number of amides is 1. The maximum atomic E-state index is 12.3. The van der Waals surface area contributed by atoms with Crippen molar-refractivity contribution in [1.29, 1.82) is 0 Å². The van der Waals surface area contributed by atoms with Crippen LogP contribution in [0.4, 0.5) is 0 Å². The molecular weight excluding hydrogens is 242 g/mol. The summed E-state index contributed by atoms with van der Waals surface area (Å²) in [4.78, 5) is 14.1. The molecule has 1 rings (SSSR count). The van der Waals surface area contributed by atoms with Crippen LogP contribution in [-0.2, 0) is 0 Å². The van der Waals surface area contributed by atoms with E-state index in [-0.39, 0.29) is 11.7 Å².